The molecule has 8 nitrogen and oxygen atoms in total. The molecular weight excluding hydrogens is 502 g/mol. The van der Waals surface area contributed by atoms with Crippen LogP contribution in [0.3, 0.4) is 0 Å². The lowest BCUT2D eigenvalue weighted by Gasteiger charge is -2.24. The quantitative estimate of drug-likeness (QED) is 0.486. The number of carbonyl (C=O) groups excluding carboxylic acids is 1. The number of rotatable bonds is 6. The fourth-order valence-electron chi connectivity index (χ4n) is 6.72. The molecule has 2 atom stereocenters. The summed E-state index contributed by atoms with van der Waals surface area (Å²) < 4.78 is 35.7. The van der Waals surface area contributed by atoms with Gasteiger partial charge in [0.1, 0.15) is 5.75 Å². The number of nitrogens with zero attached hydrogens (tertiary/aromatic N) is 2. The molecule has 2 aliphatic carbocycles. The lowest BCUT2D eigenvalue weighted by Crippen LogP contribution is -2.39. The molecule has 0 bridgehead atoms. The van der Waals surface area contributed by atoms with Crippen molar-refractivity contribution in [3.8, 4) is 17.0 Å². The first-order chi connectivity index (χ1) is 18.2. The highest BCUT2D eigenvalue weighted by Crippen LogP contribution is 2.65. The second-order valence-corrected chi connectivity index (χ2v) is 13.2. The Hall–Kier alpha value is -2.88. The molecule has 0 radical (unpaired) electrons. The molecule has 2 saturated carbocycles. The fraction of sp³-hybridized carbons (Fsp3) is 0.483. The molecule has 202 valence electrons. The molecule has 0 saturated heterocycles. The number of methoxy groups -OCH3 is 1. The summed E-state index contributed by atoms with van der Waals surface area (Å²) in [4.78, 5) is 13.0. The Balaban J connectivity index is 1.58. The van der Waals surface area contributed by atoms with Crippen molar-refractivity contribution in [2.75, 3.05) is 27.8 Å². The Morgan fingerprint density at radius 1 is 1.16 bits per heavy atom. The third kappa shape index (κ3) is 3.94. The maximum atomic E-state index is 13.0. The summed E-state index contributed by atoms with van der Waals surface area (Å²) in [6.07, 6.45) is 6.77. The van der Waals surface area contributed by atoms with Crippen molar-refractivity contribution in [1.29, 1.82) is 0 Å². The summed E-state index contributed by atoms with van der Waals surface area (Å²) in [5.74, 6) is 0.803. The second-order valence-electron chi connectivity index (χ2n) is 11.4. The molecule has 9 heteroatoms. The molecule has 2 fully saturated rings. The number of hydrogen-bond acceptors (Lipinski definition) is 5. The topological polar surface area (TPSA) is 101 Å². The molecule has 38 heavy (non-hydrogen) atoms. The van der Waals surface area contributed by atoms with E-state index in [-0.39, 0.29) is 17.9 Å². The highest BCUT2D eigenvalue weighted by Gasteiger charge is 2.57. The van der Waals surface area contributed by atoms with E-state index < -0.39 is 16.1 Å². The molecule has 2 N–H and O–H groups in total. The van der Waals surface area contributed by atoms with Crippen molar-refractivity contribution >= 4 is 27.0 Å². The molecule has 0 spiro atoms. The Labute approximate surface area is 223 Å². The molecule has 1 amide bonds. The van der Waals surface area contributed by atoms with Gasteiger partial charge in [0.05, 0.1) is 19.4 Å². The molecule has 1 aliphatic heterocycles. The third-order valence-corrected chi connectivity index (χ3v) is 10.4. The average molecular weight is 538 g/mol. The summed E-state index contributed by atoms with van der Waals surface area (Å²) in [5.41, 5.74) is 5.81. The molecule has 3 aliphatic rings. The van der Waals surface area contributed by atoms with Gasteiger partial charge in [0, 0.05) is 48.1 Å². The van der Waals surface area contributed by atoms with Gasteiger partial charge in [0.25, 0.3) is 5.91 Å². The first-order valence-corrected chi connectivity index (χ1v) is 14.8. The average Bonchev–Trinajstić information content (AvgIpc) is 3.57. The van der Waals surface area contributed by atoms with Gasteiger partial charge in [-0.25, -0.2) is 4.72 Å². The molecule has 2 unspecified atom stereocenters. The van der Waals surface area contributed by atoms with Crippen molar-refractivity contribution in [2.45, 2.75) is 56.9 Å². The Bertz CT molecular complexity index is 1540. The molecule has 3 aromatic rings. The standard InChI is InChI=1S/C29H35N3O5S/c1-31(2)38(35,36)30-28(34)19-9-11-22-25(13-19)32-16-29(17-33)15-24(29)23-14-20(37-3)10-12-21(23)27(32)26(22)18-7-5-4-6-8-18/h9-14,18,24,33H,4-8,15-17H2,1-3H3,(H,30,34). The predicted molar refractivity (Wildman–Crippen MR) is 147 cm³/mol. The smallest absolute Gasteiger partial charge is 0.303 e. The maximum absolute atomic E-state index is 13.0. The van der Waals surface area contributed by atoms with E-state index in [0.29, 0.717) is 18.0 Å². The fourth-order valence-corrected chi connectivity index (χ4v) is 7.25. The van der Waals surface area contributed by atoms with Crippen molar-refractivity contribution in [3.05, 3.63) is 53.1 Å². The van der Waals surface area contributed by atoms with Crippen LogP contribution in [0.4, 0.5) is 0 Å². The van der Waals surface area contributed by atoms with Crippen LogP contribution in [0.2, 0.25) is 0 Å². The van der Waals surface area contributed by atoms with Crippen LogP contribution >= 0.6 is 0 Å². The van der Waals surface area contributed by atoms with Gasteiger partial charge in [-0.3, -0.25) is 4.79 Å². The molecule has 6 rings (SSSR count). The monoisotopic (exact) mass is 537 g/mol. The van der Waals surface area contributed by atoms with Gasteiger partial charge in [-0.05, 0) is 72.6 Å². The van der Waals surface area contributed by atoms with Crippen LogP contribution in [-0.4, -0.2) is 56.1 Å². The summed E-state index contributed by atoms with van der Waals surface area (Å²) in [5, 5.41) is 11.7. The van der Waals surface area contributed by atoms with Crippen LogP contribution in [-0.2, 0) is 16.8 Å². The first kappa shape index (κ1) is 25.4. The maximum Gasteiger partial charge on any atom is 0.303 e. The number of amides is 1. The number of hydrogen-bond donors (Lipinski definition) is 2. The Morgan fingerprint density at radius 2 is 1.92 bits per heavy atom. The van der Waals surface area contributed by atoms with Crippen molar-refractivity contribution in [1.82, 2.24) is 13.6 Å². The lowest BCUT2D eigenvalue weighted by molar-refractivity contribution is 0.0979. The number of ether oxygens (including phenoxy) is 1. The number of aliphatic hydroxyl groups is 1. The number of carbonyl (C=O) groups is 1. The Morgan fingerprint density at radius 3 is 2.61 bits per heavy atom. The zero-order valence-corrected chi connectivity index (χ0v) is 23.0. The zero-order valence-electron chi connectivity index (χ0n) is 22.2. The van der Waals surface area contributed by atoms with Crippen LogP contribution in [0, 0.1) is 5.41 Å². The minimum Gasteiger partial charge on any atom is -0.497 e. The Kier molecular flexibility index (Phi) is 6.09. The van der Waals surface area contributed by atoms with Gasteiger partial charge in [-0.15, -0.1) is 0 Å². The summed E-state index contributed by atoms with van der Waals surface area (Å²) >= 11 is 0. The molecular formula is C29H35N3O5S. The van der Waals surface area contributed by atoms with Crippen LogP contribution in [0.1, 0.15) is 71.8 Å². The summed E-state index contributed by atoms with van der Waals surface area (Å²) in [6.45, 7) is 0.720. The van der Waals surface area contributed by atoms with E-state index in [1.807, 2.05) is 18.2 Å². The SMILES string of the molecule is COc1ccc2c(c1)C1CC1(CO)Cn1c-2c(C2CCCCC2)c2ccc(C(=O)NS(=O)(=O)N(C)C)cc21. The first-order valence-electron chi connectivity index (χ1n) is 13.4. The van der Waals surface area contributed by atoms with Crippen molar-refractivity contribution in [3.63, 3.8) is 0 Å². The van der Waals surface area contributed by atoms with Crippen molar-refractivity contribution in [2.24, 2.45) is 5.41 Å². The predicted octanol–water partition coefficient (Wildman–Crippen LogP) is 4.38. The summed E-state index contributed by atoms with van der Waals surface area (Å²) in [7, 11) is 0.532. The minimum atomic E-state index is -3.91. The van der Waals surface area contributed by atoms with Crippen LogP contribution in [0.15, 0.2) is 36.4 Å². The van der Waals surface area contributed by atoms with E-state index in [0.717, 1.165) is 40.2 Å². The molecule has 2 aromatic carbocycles. The number of nitrogens with one attached hydrogen (secondary N) is 1. The van der Waals surface area contributed by atoms with Crippen LogP contribution in [0.5, 0.6) is 5.75 Å². The molecule has 1 aromatic heterocycles. The number of aliphatic hydroxyl groups excluding tert-OH is 1. The molecule has 2 heterocycles. The van der Waals surface area contributed by atoms with Crippen LogP contribution in [0.25, 0.3) is 22.2 Å². The lowest BCUT2D eigenvalue weighted by atomic mass is 9.81. The largest absolute Gasteiger partial charge is 0.497 e. The van der Waals surface area contributed by atoms with Gasteiger partial charge >= 0.3 is 10.2 Å². The van der Waals surface area contributed by atoms with E-state index in [1.54, 1.807) is 13.2 Å². The van der Waals surface area contributed by atoms with E-state index >= 15 is 0 Å². The summed E-state index contributed by atoms with van der Waals surface area (Å²) in [6, 6.07) is 11.8. The normalized spacial score (nSPS) is 22.9. The van der Waals surface area contributed by atoms with E-state index in [2.05, 4.69) is 21.4 Å². The highest BCUT2D eigenvalue weighted by atomic mass is 32.2. The third-order valence-electron chi connectivity index (χ3n) is 8.95. The van der Waals surface area contributed by atoms with E-state index in [4.69, 9.17) is 4.74 Å². The number of fused-ring (bicyclic) bond motifs is 7. The minimum absolute atomic E-state index is 0.0768. The van der Waals surface area contributed by atoms with E-state index in [1.165, 1.54) is 55.7 Å². The second kappa shape index (κ2) is 9.10. The van der Waals surface area contributed by atoms with Gasteiger partial charge < -0.3 is 14.4 Å². The van der Waals surface area contributed by atoms with E-state index in [9.17, 15) is 18.3 Å². The highest BCUT2D eigenvalue weighted by molar-refractivity contribution is 7.87. The number of aromatic nitrogens is 1. The van der Waals surface area contributed by atoms with Gasteiger partial charge in [-0.2, -0.15) is 12.7 Å². The van der Waals surface area contributed by atoms with Gasteiger partial charge in [0.15, 0.2) is 0 Å². The zero-order chi connectivity index (χ0) is 26.8. The van der Waals surface area contributed by atoms with Crippen molar-refractivity contribution < 1.29 is 23.1 Å². The number of benzene rings is 2. The van der Waals surface area contributed by atoms with Crippen LogP contribution < -0.4 is 9.46 Å². The van der Waals surface area contributed by atoms with Gasteiger partial charge in [-0.1, -0.05) is 25.3 Å². The van der Waals surface area contributed by atoms with Gasteiger partial charge in [0.2, 0.25) is 0 Å².